The Morgan fingerprint density at radius 3 is 3.00 bits per heavy atom. The van der Waals surface area contributed by atoms with Gasteiger partial charge in [0.15, 0.2) is 5.69 Å². The molecule has 1 aromatic carbocycles. The molecule has 6 nitrogen and oxygen atoms in total. The number of nitrogens with zero attached hydrogens (tertiary/aromatic N) is 2. The summed E-state index contributed by atoms with van der Waals surface area (Å²) < 4.78 is 5.21. The second-order valence-electron chi connectivity index (χ2n) is 5.17. The van der Waals surface area contributed by atoms with Crippen LogP contribution in [0.15, 0.2) is 34.9 Å². The second kappa shape index (κ2) is 5.31. The van der Waals surface area contributed by atoms with Crippen molar-refractivity contribution in [1.29, 1.82) is 0 Å². The van der Waals surface area contributed by atoms with Crippen LogP contribution in [0.3, 0.4) is 0 Å². The van der Waals surface area contributed by atoms with E-state index in [1.54, 1.807) is 11.8 Å². The molecule has 1 aliphatic rings. The Balaban J connectivity index is 1.84. The Morgan fingerprint density at radius 1 is 1.48 bits per heavy atom. The van der Waals surface area contributed by atoms with E-state index in [2.05, 4.69) is 4.98 Å². The van der Waals surface area contributed by atoms with Gasteiger partial charge in [0.1, 0.15) is 12.3 Å². The minimum Gasteiger partial charge on any atom is -0.446 e. The molecule has 0 radical (unpaired) electrons. The summed E-state index contributed by atoms with van der Waals surface area (Å²) in [5, 5.41) is 9.44. The minimum atomic E-state index is -0.792. The summed E-state index contributed by atoms with van der Waals surface area (Å²) in [4.78, 5) is 18.3. The molecule has 110 valence electrons. The monoisotopic (exact) mass is 287 g/mol. The second-order valence-corrected chi connectivity index (χ2v) is 5.17. The van der Waals surface area contributed by atoms with Crippen LogP contribution in [0.5, 0.6) is 0 Å². The summed E-state index contributed by atoms with van der Waals surface area (Å²) in [5.41, 5.74) is 8.01. The predicted octanol–water partition coefficient (Wildman–Crippen LogP) is 1.26. The Morgan fingerprint density at radius 2 is 2.24 bits per heavy atom. The van der Waals surface area contributed by atoms with Crippen LogP contribution in [-0.2, 0) is 6.42 Å². The van der Waals surface area contributed by atoms with Crippen LogP contribution in [0, 0.1) is 0 Å². The fraction of sp³-hybridized carbons (Fsp3) is 0.333. The van der Waals surface area contributed by atoms with Crippen LogP contribution in [-0.4, -0.2) is 28.6 Å². The number of benzene rings is 1. The van der Waals surface area contributed by atoms with Gasteiger partial charge in [-0.2, -0.15) is 0 Å². The van der Waals surface area contributed by atoms with Gasteiger partial charge in [-0.05, 0) is 25.0 Å². The van der Waals surface area contributed by atoms with Crippen LogP contribution in [0.1, 0.15) is 34.9 Å². The van der Waals surface area contributed by atoms with Gasteiger partial charge >= 0.3 is 0 Å². The molecule has 3 rings (SSSR count). The van der Waals surface area contributed by atoms with Crippen molar-refractivity contribution in [1.82, 2.24) is 4.98 Å². The topological polar surface area (TPSA) is 92.6 Å². The summed E-state index contributed by atoms with van der Waals surface area (Å²) in [6.45, 7) is 2.18. The number of hydrogen-bond acceptors (Lipinski definition) is 5. The number of rotatable bonds is 3. The van der Waals surface area contributed by atoms with Crippen LogP contribution >= 0.6 is 0 Å². The van der Waals surface area contributed by atoms with E-state index in [0.717, 1.165) is 17.7 Å². The van der Waals surface area contributed by atoms with Gasteiger partial charge in [-0.15, -0.1) is 0 Å². The van der Waals surface area contributed by atoms with E-state index in [4.69, 9.17) is 10.2 Å². The average molecular weight is 287 g/mol. The Hall–Kier alpha value is -2.18. The molecule has 2 atom stereocenters. The van der Waals surface area contributed by atoms with E-state index < -0.39 is 12.1 Å². The van der Waals surface area contributed by atoms with Crippen molar-refractivity contribution in [2.75, 3.05) is 11.4 Å². The zero-order valence-electron chi connectivity index (χ0n) is 11.7. The third-order valence-corrected chi connectivity index (χ3v) is 3.68. The quantitative estimate of drug-likeness (QED) is 0.886. The van der Waals surface area contributed by atoms with Gasteiger partial charge < -0.3 is 20.2 Å². The highest BCUT2D eigenvalue weighted by Gasteiger charge is 2.28. The molecule has 3 N–H and O–H groups in total. The molecule has 0 saturated heterocycles. The minimum absolute atomic E-state index is 0.167. The molecule has 2 unspecified atom stereocenters. The number of oxazole rings is 1. The SMILES string of the molecule is CC(O)C(N)c1nc(C(=O)N2CCc3ccccc32)co1. The van der Waals surface area contributed by atoms with Crippen molar-refractivity contribution in [3.8, 4) is 0 Å². The number of anilines is 1. The molecule has 2 heterocycles. The zero-order valence-corrected chi connectivity index (χ0v) is 11.7. The van der Waals surface area contributed by atoms with E-state index in [1.807, 2.05) is 24.3 Å². The summed E-state index contributed by atoms with van der Waals surface area (Å²) >= 11 is 0. The smallest absolute Gasteiger partial charge is 0.280 e. The number of carbonyl (C=O) groups excluding carboxylic acids is 1. The first-order chi connectivity index (χ1) is 10.1. The summed E-state index contributed by atoms with van der Waals surface area (Å²) in [6.07, 6.45) is 1.33. The summed E-state index contributed by atoms with van der Waals surface area (Å²) in [5.74, 6) is -0.0476. The molecular formula is C15H17N3O3. The van der Waals surface area contributed by atoms with E-state index >= 15 is 0 Å². The van der Waals surface area contributed by atoms with Gasteiger partial charge in [-0.1, -0.05) is 18.2 Å². The number of para-hydroxylation sites is 1. The third-order valence-electron chi connectivity index (χ3n) is 3.68. The highest BCUT2D eigenvalue weighted by Crippen LogP contribution is 2.28. The fourth-order valence-corrected chi connectivity index (χ4v) is 2.43. The molecule has 0 fully saturated rings. The van der Waals surface area contributed by atoms with Crippen molar-refractivity contribution in [3.63, 3.8) is 0 Å². The van der Waals surface area contributed by atoms with Crippen molar-refractivity contribution < 1.29 is 14.3 Å². The van der Waals surface area contributed by atoms with E-state index in [9.17, 15) is 9.90 Å². The summed E-state index contributed by atoms with van der Waals surface area (Å²) in [6, 6.07) is 7.06. The van der Waals surface area contributed by atoms with Gasteiger partial charge in [-0.3, -0.25) is 4.79 Å². The number of carbonyl (C=O) groups is 1. The normalized spacial score (nSPS) is 16.6. The molecule has 1 aliphatic heterocycles. The number of aliphatic hydroxyl groups is 1. The molecule has 0 bridgehead atoms. The van der Waals surface area contributed by atoms with Crippen molar-refractivity contribution in [2.24, 2.45) is 5.73 Å². The van der Waals surface area contributed by atoms with Gasteiger partial charge in [0.2, 0.25) is 5.89 Å². The maximum Gasteiger partial charge on any atom is 0.280 e. The average Bonchev–Trinajstić information content (AvgIpc) is 3.12. The molecule has 1 aromatic heterocycles. The molecule has 1 amide bonds. The molecule has 21 heavy (non-hydrogen) atoms. The van der Waals surface area contributed by atoms with Gasteiger partial charge in [0, 0.05) is 12.2 Å². The Bertz CT molecular complexity index is 666. The van der Waals surface area contributed by atoms with Gasteiger partial charge in [0.25, 0.3) is 5.91 Å². The van der Waals surface area contributed by atoms with Crippen LogP contribution in [0.2, 0.25) is 0 Å². The number of amides is 1. The van der Waals surface area contributed by atoms with E-state index in [0.29, 0.717) is 6.54 Å². The first-order valence-electron chi connectivity index (χ1n) is 6.87. The lowest BCUT2D eigenvalue weighted by Crippen LogP contribution is -2.29. The maximum atomic E-state index is 12.5. The molecule has 0 spiro atoms. The number of aromatic nitrogens is 1. The molecule has 2 aromatic rings. The molecule has 0 aliphatic carbocycles. The Kier molecular flexibility index (Phi) is 3.48. The standard InChI is InChI=1S/C15H17N3O3/c1-9(19)13(16)14-17-11(8-21-14)15(20)18-7-6-10-4-2-3-5-12(10)18/h2-5,8-9,13,19H,6-7,16H2,1H3. The number of fused-ring (bicyclic) bond motifs is 1. The zero-order chi connectivity index (χ0) is 15.0. The fourth-order valence-electron chi connectivity index (χ4n) is 2.43. The first kappa shape index (κ1) is 13.8. The molecule has 6 heteroatoms. The lowest BCUT2D eigenvalue weighted by molar-refractivity contribution is 0.0984. The van der Waals surface area contributed by atoms with Crippen LogP contribution in [0.25, 0.3) is 0 Å². The highest BCUT2D eigenvalue weighted by atomic mass is 16.3. The molecule has 0 saturated carbocycles. The van der Waals surface area contributed by atoms with Crippen molar-refractivity contribution >= 4 is 11.6 Å². The lowest BCUT2D eigenvalue weighted by atomic mass is 10.2. The van der Waals surface area contributed by atoms with E-state index in [1.165, 1.54) is 6.26 Å². The number of nitrogens with two attached hydrogens (primary N) is 1. The first-order valence-corrected chi connectivity index (χ1v) is 6.87. The molecular weight excluding hydrogens is 270 g/mol. The van der Waals surface area contributed by atoms with E-state index in [-0.39, 0.29) is 17.5 Å². The number of hydrogen-bond donors (Lipinski definition) is 2. The summed E-state index contributed by atoms with van der Waals surface area (Å²) in [7, 11) is 0. The third kappa shape index (κ3) is 2.43. The van der Waals surface area contributed by atoms with Crippen molar-refractivity contribution in [3.05, 3.63) is 47.7 Å². The largest absolute Gasteiger partial charge is 0.446 e. The number of aliphatic hydroxyl groups excluding tert-OH is 1. The maximum absolute atomic E-state index is 12.5. The predicted molar refractivity (Wildman–Crippen MR) is 76.9 cm³/mol. The van der Waals surface area contributed by atoms with Crippen molar-refractivity contribution in [2.45, 2.75) is 25.5 Å². The lowest BCUT2D eigenvalue weighted by Gasteiger charge is -2.15. The van der Waals surface area contributed by atoms with Crippen LogP contribution < -0.4 is 10.6 Å². The van der Waals surface area contributed by atoms with Gasteiger partial charge in [-0.25, -0.2) is 4.98 Å². The highest BCUT2D eigenvalue weighted by molar-refractivity contribution is 6.05. The van der Waals surface area contributed by atoms with Crippen LogP contribution in [0.4, 0.5) is 5.69 Å². The Labute approximate surface area is 122 Å². The van der Waals surface area contributed by atoms with Gasteiger partial charge in [0.05, 0.1) is 6.10 Å².